The van der Waals surface area contributed by atoms with Crippen LogP contribution in [0.4, 0.5) is 5.69 Å². The maximum absolute atomic E-state index is 11.3. The van der Waals surface area contributed by atoms with Crippen LogP contribution in [-0.2, 0) is 11.2 Å². The van der Waals surface area contributed by atoms with E-state index in [2.05, 4.69) is 43.5 Å². The number of hydrogen-bond donors (Lipinski definition) is 2. The largest absolute Gasteiger partial charge is 0.326 e. The summed E-state index contributed by atoms with van der Waals surface area (Å²) in [5.74, 6) is 0.684. The third-order valence-corrected chi connectivity index (χ3v) is 3.47. The number of aryl methyl sites for hydroxylation is 1. The van der Waals surface area contributed by atoms with E-state index in [1.54, 1.807) is 0 Å². The lowest BCUT2D eigenvalue weighted by molar-refractivity contribution is -0.116. The van der Waals surface area contributed by atoms with Crippen molar-refractivity contribution in [2.45, 2.75) is 39.7 Å². The first-order chi connectivity index (χ1) is 8.61. The van der Waals surface area contributed by atoms with Crippen molar-refractivity contribution in [3.8, 4) is 0 Å². The monoisotopic (exact) mass is 246 g/mol. The molecule has 1 atom stereocenters. The summed E-state index contributed by atoms with van der Waals surface area (Å²) in [6.07, 6.45) is 1.45. The minimum atomic E-state index is 0.127. The number of hydrogen-bond acceptors (Lipinski definition) is 2. The van der Waals surface area contributed by atoms with Crippen LogP contribution in [0.2, 0.25) is 0 Å². The Balaban J connectivity index is 2.27. The average Bonchev–Trinajstić information content (AvgIpc) is 2.35. The molecule has 1 aliphatic heterocycles. The Morgan fingerprint density at radius 2 is 2.11 bits per heavy atom. The zero-order valence-corrected chi connectivity index (χ0v) is 11.4. The van der Waals surface area contributed by atoms with E-state index in [1.807, 2.05) is 6.07 Å². The van der Waals surface area contributed by atoms with Crippen molar-refractivity contribution in [3.05, 3.63) is 29.3 Å². The molecule has 1 aliphatic rings. The molecule has 3 nitrogen and oxygen atoms in total. The number of anilines is 1. The SMILES string of the molecule is CCNC(c1ccc2c(c1)CCC(=O)N2)C(C)C. The third-order valence-electron chi connectivity index (χ3n) is 3.47. The van der Waals surface area contributed by atoms with Crippen LogP contribution >= 0.6 is 0 Å². The van der Waals surface area contributed by atoms with E-state index >= 15 is 0 Å². The molecule has 0 fully saturated rings. The molecule has 1 heterocycles. The fraction of sp³-hybridized carbons (Fsp3) is 0.533. The highest BCUT2D eigenvalue weighted by Crippen LogP contribution is 2.28. The summed E-state index contributed by atoms with van der Waals surface area (Å²) in [7, 11) is 0. The molecule has 2 N–H and O–H groups in total. The Bertz CT molecular complexity index is 440. The van der Waals surface area contributed by atoms with Crippen molar-refractivity contribution in [2.75, 3.05) is 11.9 Å². The molecule has 0 spiro atoms. The maximum Gasteiger partial charge on any atom is 0.224 e. The van der Waals surface area contributed by atoms with Gasteiger partial charge >= 0.3 is 0 Å². The lowest BCUT2D eigenvalue weighted by Crippen LogP contribution is -2.26. The van der Waals surface area contributed by atoms with Gasteiger partial charge in [-0.05, 0) is 36.1 Å². The van der Waals surface area contributed by atoms with E-state index in [9.17, 15) is 4.79 Å². The van der Waals surface area contributed by atoms with Crippen molar-refractivity contribution in [3.63, 3.8) is 0 Å². The van der Waals surface area contributed by atoms with Crippen LogP contribution in [0, 0.1) is 5.92 Å². The minimum Gasteiger partial charge on any atom is -0.326 e. The van der Waals surface area contributed by atoms with Gasteiger partial charge in [-0.2, -0.15) is 0 Å². The second kappa shape index (κ2) is 5.53. The molecule has 0 bridgehead atoms. The van der Waals surface area contributed by atoms with E-state index in [4.69, 9.17) is 0 Å². The van der Waals surface area contributed by atoms with Gasteiger partial charge in [-0.15, -0.1) is 0 Å². The molecule has 18 heavy (non-hydrogen) atoms. The number of carbonyl (C=O) groups excluding carboxylic acids is 1. The van der Waals surface area contributed by atoms with Gasteiger partial charge in [0, 0.05) is 18.2 Å². The second-order valence-corrected chi connectivity index (χ2v) is 5.24. The fourth-order valence-corrected chi connectivity index (χ4v) is 2.56. The first-order valence-corrected chi connectivity index (χ1v) is 6.78. The van der Waals surface area contributed by atoms with Crippen LogP contribution in [0.15, 0.2) is 18.2 Å². The zero-order chi connectivity index (χ0) is 13.1. The van der Waals surface area contributed by atoms with E-state index < -0.39 is 0 Å². The highest BCUT2D eigenvalue weighted by Gasteiger charge is 2.19. The summed E-state index contributed by atoms with van der Waals surface area (Å²) >= 11 is 0. The highest BCUT2D eigenvalue weighted by molar-refractivity contribution is 5.93. The van der Waals surface area contributed by atoms with Crippen molar-refractivity contribution in [1.29, 1.82) is 0 Å². The number of nitrogens with one attached hydrogen (secondary N) is 2. The van der Waals surface area contributed by atoms with E-state index in [-0.39, 0.29) is 5.91 Å². The average molecular weight is 246 g/mol. The Labute approximate surface area is 109 Å². The number of fused-ring (bicyclic) bond motifs is 1. The smallest absolute Gasteiger partial charge is 0.224 e. The molecule has 3 heteroatoms. The maximum atomic E-state index is 11.3. The Kier molecular flexibility index (Phi) is 4.02. The molecule has 1 unspecified atom stereocenters. The predicted octanol–water partition coefficient (Wildman–Crippen LogP) is 2.88. The van der Waals surface area contributed by atoms with Gasteiger partial charge in [0.15, 0.2) is 0 Å². The Morgan fingerprint density at radius 3 is 2.78 bits per heavy atom. The number of amides is 1. The lowest BCUT2D eigenvalue weighted by Gasteiger charge is -2.25. The summed E-state index contributed by atoms with van der Waals surface area (Å²) in [5, 5.41) is 6.45. The first kappa shape index (κ1) is 13.1. The van der Waals surface area contributed by atoms with Crippen LogP contribution in [0.3, 0.4) is 0 Å². The van der Waals surface area contributed by atoms with Crippen LogP contribution in [-0.4, -0.2) is 12.5 Å². The highest BCUT2D eigenvalue weighted by atomic mass is 16.1. The van der Waals surface area contributed by atoms with Crippen LogP contribution in [0.1, 0.15) is 44.4 Å². The molecule has 98 valence electrons. The summed E-state index contributed by atoms with van der Waals surface area (Å²) < 4.78 is 0. The number of carbonyl (C=O) groups is 1. The van der Waals surface area contributed by atoms with Crippen molar-refractivity contribution in [1.82, 2.24) is 5.32 Å². The van der Waals surface area contributed by atoms with Gasteiger partial charge in [-0.25, -0.2) is 0 Å². The van der Waals surface area contributed by atoms with E-state index in [0.29, 0.717) is 18.4 Å². The van der Waals surface area contributed by atoms with Gasteiger partial charge in [0.25, 0.3) is 0 Å². The van der Waals surface area contributed by atoms with Crippen LogP contribution in [0.5, 0.6) is 0 Å². The molecule has 0 saturated heterocycles. The molecular weight excluding hydrogens is 224 g/mol. The van der Waals surface area contributed by atoms with Crippen LogP contribution < -0.4 is 10.6 Å². The molecule has 2 rings (SSSR count). The summed E-state index contributed by atoms with van der Waals surface area (Å²) in [5.41, 5.74) is 3.56. The van der Waals surface area contributed by atoms with Gasteiger partial charge in [-0.1, -0.05) is 32.9 Å². The van der Waals surface area contributed by atoms with Gasteiger partial charge in [-0.3, -0.25) is 4.79 Å². The summed E-state index contributed by atoms with van der Waals surface area (Å²) in [4.78, 5) is 11.3. The van der Waals surface area contributed by atoms with Crippen molar-refractivity contribution in [2.24, 2.45) is 5.92 Å². The van der Waals surface area contributed by atoms with Gasteiger partial charge in [0.2, 0.25) is 5.91 Å². The summed E-state index contributed by atoms with van der Waals surface area (Å²) in [6, 6.07) is 6.78. The number of rotatable bonds is 4. The molecule has 1 aromatic carbocycles. The quantitative estimate of drug-likeness (QED) is 0.857. The lowest BCUT2D eigenvalue weighted by atomic mass is 9.92. The summed E-state index contributed by atoms with van der Waals surface area (Å²) in [6.45, 7) is 7.56. The Hall–Kier alpha value is -1.35. The zero-order valence-electron chi connectivity index (χ0n) is 11.4. The van der Waals surface area contributed by atoms with Gasteiger partial charge < -0.3 is 10.6 Å². The molecule has 0 radical (unpaired) electrons. The normalized spacial score (nSPS) is 16.3. The molecule has 1 aromatic rings. The molecule has 0 saturated carbocycles. The third kappa shape index (κ3) is 2.72. The standard InChI is InChI=1S/C15H22N2O/c1-4-16-15(10(2)3)12-5-7-13-11(9-12)6-8-14(18)17-13/h5,7,9-10,15-16H,4,6,8H2,1-3H3,(H,17,18). The molecule has 0 aromatic heterocycles. The topological polar surface area (TPSA) is 41.1 Å². The number of benzene rings is 1. The van der Waals surface area contributed by atoms with Gasteiger partial charge in [0.1, 0.15) is 0 Å². The molecule has 0 aliphatic carbocycles. The molecule has 1 amide bonds. The minimum absolute atomic E-state index is 0.127. The van der Waals surface area contributed by atoms with Crippen molar-refractivity contribution < 1.29 is 4.79 Å². The van der Waals surface area contributed by atoms with Gasteiger partial charge in [0.05, 0.1) is 0 Å². The predicted molar refractivity (Wildman–Crippen MR) is 74.6 cm³/mol. The molecular formula is C15H22N2O. The van der Waals surface area contributed by atoms with Crippen molar-refractivity contribution >= 4 is 11.6 Å². The Morgan fingerprint density at radius 1 is 1.33 bits per heavy atom. The second-order valence-electron chi connectivity index (χ2n) is 5.24. The fourth-order valence-electron chi connectivity index (χ4n) is 2.56. The first-order valence-electron chi connectivity index (χ1n) is 6.78. The van der Waals surface area contributed by atoms with E-state index in [1.165, 1.54) is 11.1 Å². The van der Waals surface area contributed by atoms with E-state index in [0.717, 1.165) is 18.7 Å². The van der Waals surface area contributed by atoms with Crippen LogP contribution in [0.25, 0.3) is 0 Å².